The van der Waals surface area contributed by atoms with Crippen molar-refractivity contribution in [2.24, 2.45) is 0 Å². The van der Waals surface area contributed by atoms with Gasteiger partial charge >= 0.3 is 6.09 Å². The third kappa shape index (κ3) is 6.68. The normalized spacial score (nSPS) is 14.7. The highest BCUT2D eigenvalue weighted by molar-refractivity contribution is 5.91. The number of nitrogens with zero attached hydrogens (tertiary/aromatic N) is 5. The highest BCUT2D eigenvalue weighted by Gasteiger charge is 2.18. The Morgan fingerprint density at radius 2 is 2.10 bits per heavy atom. The maximum absolute atomic E-state index is 13.6. The third-order valence-corrected chi connectivity index (χ3v) is 6.60. The Morgan fingerprint density at radius 3 is 2.90 bits per heavy atom. The number of hydrogen-bond donors (Lipinski definition) is 3. The molecular weight excluding hydrogens is 574 g/mol. The molecule has 1 aliphatic rings. The topological polar surface area (TPSA) is 120 Å². The molecule has 3 N–H and O–H groups in total. The van der Waals surface area contributed by atoms with Crippen LogP contribution in [-0.4, -0.2) is 62.9 Å². The predicted octanol–water partition coefficient (Wildman–Crippen LogP) is 4.70. The van der Waals surface area contributed by atoms with Gasteiger partial charge in [0.05, 0.1) is 49.4 Å². The Hall–Kier alpha value is -3.97. The van der Waals surface area contributed by atoms with Crippen molar-refractivity contribution >= 4 is 64.5 Å². The lowest BCUT2D eigenvalue weighted by Crippen LogP contribution is -2.44. The zero-order chi connectivity index (χ0) is 26.8. The van der Waals surface area contributed by atoms with Crippen molar-refractivity contribution in [1.29, 1.82) is 0 Å². The Balaban J connectivity index is 0.00000194. The second kappa shape index (κ2) is 13.1. The van der Waals surface area contributed by atoms with E-state index in [-0.39, 0.29) is 43.3 Å². The first-order valence-corrected chi connectivity index (χ1v) is 12.6. The van der Waals surface area contributed by atoms with Crippen molar-refractivity contribution in [2.45, 2.75) is 19.5 Å². The number of hydrogen-bond acceptors (Lipinski definition) is 8. The maximum Gasteiger partial charge on any atom is 0.411 e. The van der Waals surface area contributed by atoms with Crippen LogP contribution in [0.3, 0.4) is 0 Å². The molecule has 1 atom stereocenters. The Morgan fingerprint density at radius 1 is 1.22 bits per heavy atom. The van der Waals surface area contributed by atoms with Gasteiger partial charge in [0.15, 0.2) is 5.82 Å². The van der Waals surface area contributed by atoms with Crippen LogP contribution in [0.15, 0.2) is 61.2 Å². The molecule has 11 nitrogen and oxygen atoms in total. The van der Waals surface area contributed by atoms with Crippen LogP contribution in [0, 0.1) is 12.7 Å². The molecule has 216 valence electrons. The van der Waals surface area contributed by atoms with Gasteiger partial charge in [-0.15, -0.1) is 24.8 Å². The second-order valence-electron chi connectivity index (χ2n) is 9.35. The fourth-order valence-electron chi connectivity index (χ4n) is 4.66. The summed E-state index contributed by atoms with van der Waals surface area (Å²) in [6.45, 7) is 4.46. The van der Waals surface area contributed by atoms with Crippen molar-refractivity contribution in [3.63, 3.8) is 0 Å². The zero-order valence-electron chi connectivity index (χ0n) is 22.0. The fraction of sp³-hybridized carbons (Fsp3) is 0.259. The van der Waals surface area contributed by atoms with Crippen LogP contribution < -0.4 is 16.0 Å². The number of aryl methyl sites for hydroxylation is 1. The molecular formula is C27H29Cl2FN8O3. The van der Waals surface area contributed by atoms with Gasteiger partial charge in [-0.25, -0.2) is 18.7 Å². The molecule has 14 heteroatoms. The highest BCUT2D eigenvalue weighted by atomic mass is 35.5. The van der Waals surface area contributed by atoms with E-state index in [2.05, 4.69) is 31.1 Å². The van der Waals surface area contributed by atoms with Crippen molar-refractivity contribution < 1.29 is 18.7 Å². The van der Waals surface area contributed by atoms with Crippen molar-refractivity contribution in [2.75, 3.05) is 37.0 Å². The van der Waals surface area contributed by atoms with Crippen LogP contribution in [0.2, 0.25) is 0 Å². The zero-order valence-corrected chi connectivity index (χ0v) is 23.7. The quantitative estimate of drug-likeness (QED) is 0.245. The second-order valence-corrected chi connectivity index (χ2v) is 9.35. The Kier molecular flexibility index (Phi) is 9.61. The largest absolute Gasteiger partial charge is 0.448 e. The number of morpholine rings is 1. The molecule has 0 radical (unpaired) electrons. The number of carbonyl (C=O) groups is 1. The average molecular weight is 603 g/mol. The van der Waals surface area contributed by atoms with Gasteiger partial charge in [-0.1, -0.05) is 12.1 Å². The lowest BCUT2D eigenvalue weighted by Gasteiger charge is -2.23. The molecule has 3 aromatic heterocycles. The Bertz CT molecular complexity index is 1650. The summed E-state index contributed by atoms with van der Waals surface area (Å²) in [5.74, 6) is 0.313. The van der Waals surface area contributed by atoms with Gasteiger partial charge in [-0.2, -0.15) is 10.2 Å². The molecule has 0 spiro atoms. The van der Waals surface area contributed by atoms with E-state index in [9.17, 15) is 9.18 Å². The summed E-state index contributed by atoms with van der Waals surface area (Å²) < 4.78 is 27.8. The van der Waals surface area contributed by atoms with Crippen LogP contribution in [0.5, 0.6) is 0 Å². The van der Waals surface area contributed by atoms with Crippen LogP contribution in [0.25, 0.3) is 16.4 Å². The van der Waals surface area contributed by atoms with E-state index in [1.807, 2.05) is 35.9 Å². The molecule has 0 bridgehead atoms. The predicted molar refractivity (Wildman–Crippen MR) is 158 cm³/mol. The summed E-state index contributed by atoms with van der Waals surface area (Å²) in [7, 11) is 0. The number of fused-ring (bicyclic) bond motifs is 2. The number of carbonyl (C=O) groups excluding carboxylic acids is 1. The van der Waals surface area contributed by atoms with Crippen LogP contribution in [0.4, 0.5) is 26.4 Å². The molecule has 1 unspecified atom stereocenters. The minimum absolute atomic E-state index is 0. The molecule has 2 aromatic carbocycles. The van der Waals surface area contributed by atoms with Gasteiger partial charge in [0.1, 0.15) is 24.3 Å². The molecule has 1 saturated heterocycles. The number of aromatic nitrogens is 5. The minimum Gasteiger partial charge on any atom is -0.448 e. The van der Waals surface area contributed by atoms with Crippen molar-refractivity contribution in [1.82, 2.24) is 29.7 Å². The van der Waals surface area contributed by atoms with Gasteiger partial charge in [0.2, 0.25) is 0 Å². The number of nitrogens with one attached hydrogen (secondary N) is 3. The summed E-state index contributed by atoms with van der Waals surface area (Å²) >= 11 is 0. The van der Waals surface area contributed by atoms with Gasteiger partial charge < -0.3 is 20.1 Å². The first-order valence-electron chi connectivity index (χ1n) is 12.6. The van der Waals surface area contributed by atoms with Crippen LogP contribution in [-0.2, 0) is 16.0 Å². The number of anilines is 3. The molecule has 5 aromatic rings. The van der Waals surface area contributed by atoms with E-state index < -0.39 is 6.09 Å². The molecule has 1 amide bonds. The first-order chi connectivity index (χ1) is 19.0. The van der Waals surface area contributed by atoms with Crippen LogP contribution >= 0.6 is 24.8 Å². The molecule has 1 fully saturated rings. The number of amides is 1. The molecule has 4 heterocycles. The number of rotatable bonds is 7. The third-order valence-electron chi connectivity index (χ3n) is 6.60. The van der Waals surface area contributed by atoms with E-state index in [0.717, 1.165) is 39.8 Å². The standard InChI is InChI=1S/C27H27FN8O3.2ClH/c1-17-23(34-27(37)39-15-22-14-38-8-7-29-22)13-36-25(17)26(30-16-32-36)33-21-5-6-24-19(10-21)11-31-35(24)12-18-3-2-4-20(28)9-18;;/h2-6,9-11,13,16,22,29H,7-8,12,14-15H2,1H3,(H,34,37)(H,30,32,33);2*1H. The van der Waals surface area contributed by atoms with Crippen molar-refractivity contribution in [3.8, 4) is 0 Å². The first kappa shape index (κ1) is 30.0. The number of benzene rings is 2. The molecule has 1 aliphatic heterocycles. The minimum atomic E-state index is -0.551. The smallest absolute Gasteiger partial charge is 0.411 e. The SMILES string of the molecule is Cc1c(NC(=O)OCC2COCCN2)cn2ncnc(Nc3ccc4c(cnn4Cc4cccc(F)c4)c3)c12.Cl.Cl. The van der Waals surface area contributed by atoms with Crippen molar-refractivity contribution in [3.05, 3.63) is 78.1 Å². The summed E-state index contributed by atoms with van der Waals surface area (Å²) in [5.41, 5.74) is 4.66. The van der Waals surface area contributed by atoms with E-state index in [4.69, 9.17) is 9.47 Å². The average Bonchev–Trinajstić information content (AvgIpc) is 3.48. The van der Waals surface area contributed by atoms with Gasteiger partial charge in [-0.3, -0.25) is 10.00 Å². The van der Waals surface area contributed by atoms with E-state index >= 15 is 0 Å². The molecule has 0 saturated carbocycles. The van der Waals surface area contributed by atoms with Gasteiger partial charge in [0, 0.05) is 23.2 Å². The van der Waals surface area contributed by atoms with Crippen LogP contribution in [0.1, 0.15) is 11.1 Å². The monoisotopic (exact) mass is 602 g/mol. The Labute approximate surface area is 247 Å². The van der Waals surface area contributed by atoms with E-state index in [1.165, 1.54) is 18.5 Å². The lowest BCUT2D eigenvalue weighted by atomic mass is 10.2. The maximum atomic E-state index is 13.6. The number of halogens is 3. The summed E-state index contributed by atoms with van der Waals surface area (Å²) in [5, 5.41) is 19.1. The molecule has 6 rings (SSSR count). The molecule has 41 heavy (non-hydrogen) atoms. The van der Waals surface area contributed by atoms with E-state index in [0.29, 0.717) is 31.3 Å². The van der Waals surface area contributed by atoms with E-state index in [1.54, 1.807) is 23.0 Å². The van der Waals surface area contributed by atoms with Gasteiger partial charge in [0.25, 0.3) is 0 Å². The lowest BCUT2D eigenvalue weighted by molar-refractivity contribution is 0.0494. The van der Waals surface area contributed by atoms with Gasteiger partial charge in [-0.05, 0) is 42.8 Å². The highest BCUT2D eigenvalue weighted by Crippen LogP contribution is 2.29. The summed E-state index contributed by atoms with van der Waals surface area (Å²) in [6, 6.07) is 12.3. The summed E-state index contributed by atoms with van der Waals surface area (Å²) in [6.07, 6.45) is 4.40. The summed E-state index contributed by atoms with van der Waals surface area (Å²) in [4.78, 5) is 16.9. The molecule has 0 aliphatic carbocycles. The fourth-order valence-corrected chi connectivity index (χ4v) is 4.66. The number of ether oxygens (including phenoxy) is 2.